The fourth-order valence-electron chi connectivity index (χ4n) is 1.61. The first-order valence-corrected chi connectivity index (χ1v) is 6.78. The van der Waals surface area contributed by atoms with E-state index in [0.717, 1.165) is 26.0 Å². The minimum Gasteiger partial charge on any atom is -0.357 e. The first kappa shape index (κ1) is 12.3. The average molecular weight is 292 g/mol. The molecule has 7 heteroatoms. The van der Waals surface area contributed by atoms with Gasteiger partial charge in [-0.3, -0.25) is 5.10 Å². The van der Waals surface area contributed by atoms with Gasteiger partial charge >= 0.3 is 0 Å². The molecule has 1 aromatic carbocycles. The molecule has 0 amide bonds. The first-order chi connectivity index (χ1) is 9.26. The number of halogens is 1. The van der Waals surface area contributed by atoms with E-state index in [9.17, 15) is 0 Å². The number of nitrogens with zero attached hydrogens (tertiary/aromatic N) is 3. The van der Waals surface area contributed by atoms with Crippen molar-refractivity contribution in [2.75, 3.05) is 12.4 Å². The maximum atomic E-state index is 5.88. The van der Waals surface area contributed by atoms with Crippen molar-refractivity contribution in [1.82, 2.24) is 20.2 Å². The van der Waals surface area contributed by atoms with Gasteiger partial charge in [0.05, 0.1) is 11.6 Å². The minimum absolute atomic E-state index is 0.563. The van der Waals surface area contributed by atoms with E-state index in [-0.39, 0.29) is 0 Å². The van der Waals surface area contributed by atoms with E-state index in [2.05, 4.69) is 25.5 Å². The molecule has 0 radical (unpaired) electrons. The quantitative estimate of drug-likeness (QED) is 0.725. The van der Waals surface area contributed by atoms with Crippen LogP contribution in [0.5, 0.6) is 0 Å². The second-order valence-corrected chi connectivity index (χ2v) is 5.29. The van der Waals surface area contributed by atoms with Gasteiger partial charge in [-0.1, -0.05) is 23.4 Å². The molecule has 5 nitrogen and oxygen atoms in total. The number of aromatic nitrogens is 4. The Morgan fingerprint density at radius 2 is 2.00 bits per heavy atom. The third-order valence-corrected chi connectivity index (χ3v) is 3.79. The lowest BCUT2D eigenvalue weighted by Gasteiger charge is -2.04. The molecule has 0 fully saturated rings. The zero-order chi connectivity index (χ0) is 13.2. The summed E-state index contributed by atoms with van der Waals surface area (Å²) in [5.41, 5.74) is 0.718. The topological polar surface area (TPSA) is 66.5 Å². The zero-order valence-corrected chi connectivity index (χ0v) is 11.6. The van der Waals surface area contributed by atoms with Crippen LogP contribution in [0, 0.1) is 0 Å². The summed E-state index contributed by atoms with van der Waals surface area (Å²) in [7, 11) is 1.79. The van der Waals surface area contributed by atoms with Crippen molar-refractivity contribution in [1.29, 1.82) is 0 Å². The normalized spacial score (nSPS) is 10.8. The SMILES string of the molecule is CNc1nc(Sc2ccc(Cl)cc2)c2cn[nH]c2n1. The molecular formula is C12H10ClN5S. The minimum atomic E-state index is 0.563. The number of benzene rings is 1. The standard InChI is InChI=1S/C12H10ClN5S/c1-14-12-16-10-9(6-15-18-10)11(17-12)19-8-4-2-7(13)3-5-8/h2-6H,1H3,(H2,14,15,16,17,18). The highest BCUT2D eigenvalue weighted by Gasteiger charge is 2.10. The number of fused-ring (bicyclic) bond motifs is 1. The van der Waals surface area contributed by atoms with E-state index < -0.39 is 0 Å². The number of aromatic amines is 1. The summed E-state index contributed by atoms with van der Waals surface area (Å²) in [6.07, 6.45) is 1.73. The van der Waals surface area contributed by atoms with Crippen LogP contribution in [0.25, 0.3) is 11.0 Å². The van der Waals surface area contributed by atoms with Crippen LogP contribution in [0.4, 0.5) is 5.95 Å². The number of anilines is 1. The van der Waals surface area contributed by atoms with E-state index in [1.54, 1.807) is 25.0 Å². The molecular weight excluding hydrogens is 282 g/mol. The van der Waals surface area contributed by atoms with Crippen LogP contribution in [0.1, 0.15) is 0 Å². The summed E-state index contributed by atoms with van der Waals surface area (Å²) in [6, 6.07) is 7.63. The summed E-state index contributed by atoms with van der Waals surface area (Å²) in [5.74, 6) is 0.563. The Morgan fingerprint density at radius 3 is 2.74 bits per heavy atom. The molecule has 0 aliphatic rings. The van der Waals surface area contributed by atoms with E-state index in [1.807, 2.05) is 24.3 Å². The maximum absolute atomic E-state index is 5.88. The molecule has 3 aromatic rings. The highest BCUT2D eigenvalue weighted by molar-refractivity contribution is 7.99. The highest BCUT2D eigenvalue weighted by Crippen LogP contribution is 2.32. The van der Waals surface area contributed by atoms with Crippen LogP contribution in [0.3, 0.4) is 0 Å². The smallest absolute Gasteiger partial charge is 0.225 e. The van der Waals surface area contributed by atoms with Gasteiger partial charge in [-0.05, 0) is 24.3 Å². The van der Waals surface area contributed by atoms with Crippen molar-refractivity contribution in [3.8, 4) is 0 Å². The summed E-state index contributed by atoms with van der Waals surface area (Å²) >= 11 is 7.43. The second kappa shape index (κ2) is 5.07. The number of hydrogen-bond acceptors (Lipinski definition) is 5. The van der Waals surface area contributed by atoms with Gasteiger partial charge in [0.25, 0.3) is 0 Å². The molecule has 96 valence electrons. The molecule has 3 rings (SSSR count). The maximum Gasteiger partial charge on any atom is 0.225 e. The Bertz CT molecular complexity index is 710. The molecule has 0 bridgehead atoms. The Kier molecular flexibility index (Phi) is 3.27. The summed E-state index contributed by atoms with van der Waals surface area (Å²) in [4.78, 5) is 9.82. The molecule has 0 saturated carbocycles. The Morgan fingerprint density at radius 1 is 1.21 bits per heavy atom. The van der Waals surface area contributed by atoms with Crippen LogP contribution in [-0.4, -0.2) is 27.2 Å². The summed E-state index contributed by atoms with van der Waals surface area (Å²) in [6.45, 7) is 0. The van der Waals surface area contributed by atoms with Crippen molar-refractivity contribution in [2.24, 2.45) is 0 Å². The molecule has 2 N–H and O–H groups in total. The van der Waals surface area contributed by atoms with Gasteiger partial charge in [0.1, 0.15) is 5.03 Å². The Labute approximate surface area is 118 Å². The van der Waals surface area contributed by atoms with Gasteiger partial charge in [-0.15, -0.1) is 0 Å². The van der Waals surface area contributed by atoms with Gasteiger partial charge in [0.15, 0.2) is 5.65 Å². The summed E-state index contributed by atoms with van der Waals surface area (Å²) in [5, 5.41) is 12.3. The second-order valence-electron chi connectivity index (χ2n) is 3.79. The van der Waals surface area contributed by atoms with Crippen molar-refractivity contribution in [2.45, 2.75) is 9.92 Å². The largest absolute Gasteiger partial charge is 0.357 e. The summed E-state index contributed by atoms with van der Waals surface area (Å²) < 4.78 is 0. The average Bonchev–Trinajstić information content (AvgIpc) is 2.89. The molecule has 0 saturated heterocycles. The van der Waals surface area contributed by atoms with Gasteiger partial charge < -0.3 is 5.32 Å². The van der Waals surface area contributed by atoms with Crippen LogP contribution in [-0.2, 0) is 0 Å². The van der Waals surface area contributed by atoms with Crippen LogP contribution in [0.15, 0.2) is 40.4 Å². The van der Waals surface area contributed by atoms with E-state index in [1.165, 1.54) is 0 Å². The van der Waals surface area contributed by atoms with Crippen LogP contribution in [0.2, 0.25) is 5.02 Å². The molecule has 2 aromatic heterocycles. The molecule has 0 unspecified atom stereocenters. The third kappa shape index (κ3) is 2.50. The van der Waals surface area contributed by atoms with Gasteiger partial charge in [0.2, 0.25) is 5.95 Å². The number of rotatable bonds is 3. The lowest BCUT2D eigenvalue weighted by atomic mass is 10.4. The third-order valence-electron chi connectivity index (χ3n) is 2.53. The highest BCUT2D eigenvalue weighted by atomic mass is 35.5. The Balaban J connectivity index is 2.03. The fraction of sp³-hybridized carbons (Fsp3) is 0.0833. The predicted octanol–water partition coefficient (Wildman–Crippen LogP) is 3.20. The molecule has 0 spiro atoms. The van der Waals surface area contributed by atoms with Crippen LogP contribution < -0.4 is 5.32 Å². The zero-order valence-electron chi connectivity index (χ0n) is 10.0. The number of H-pyrrole nitrogens is 1. The van der Waals surface area contributed by atoms with Crippen molar-refractivity contribution < 1.29 is 0 Å². The van der Waals surface area contributed by atoms with Crippen molar-refractivity contribution >= 4 is 40.3 Å². The fourth-order valence-corrected chi connectivity index (χ4v) is 2.63. The molecule has 0 aliphatic heterocycles. The Hall–Kier alpha value is -1.79. The molecule has 0 atom stereocenters. The monoisotopic (exact) mass is 291 g/mol. The van der Waals surface area contributed by atoms with Gasteiger partial charge in [-0.2, -0.15) is 10.1 Å². The predicted molar refractivity (Wildman–Crippen MR) is 76.8 cm³/mol. The molecule has 2 heterocycles. The van der Waals surface area contributed by atoms with E-state index in [0.29, 0.717) is 5.95 Å². The number of nitrogens with one attached hydrogen (secondary N) is 2. The van der Waals surface area contributed by atoms with Crippen molar-refractivity contribution in [3.63, 3.8) is 0 Å². The van der Waals surface area contributed by atoms with E-state index >= 15 is 0 Å². The van der Waals surface area contributed by atoms with Gasteiger partial charge in [0, 0.05) is 17.0 Å². The number of hydrogen-bond donors (Lipinski definition) is 2. The lowest BCUT2D eigenvalue weighted by Crippen LogP contribution is -1.97. The molecule has 0 aliphatic carbocycles. The van der Waals surface area contributed by atoms with Crippen molar-refractivity contribution in [3.05, 3.63) is 35.5 Å². The van der Waals surface area contributed by atoms with Crippen LogP contribution >= 0.6 is 23.4 Å². The first-order valence-electron chi connectivity index (χ1n) is 5.58. The van der Waals surface area contributed by atoms with Gasteiger partial charge in [-0.25, -0.2) is 4.98 Å². The molecule has 19 heavy (non-hydrogen) atoms. The van der Waals surface area contributed by atoms with E-state index in [4.69, 9.17) is 11.6 Å². The lowest BCUT2D eigenvalue weighted by molar-refractivity contribution is 1.06.